The maximum atomic E-state index is 12.1. The van der Waals surface area contributed by atoms with Crippen molar-refractivity contribution in [3.8, 4) is 0 Å². The van der Waals surface area contributed by atoms with Crippen LogP contribution in [-0.2, 0) is 29.0 Å². The summed E-state index contributed by atoms with van der Waals surface area (Å²) in [5.74, 6) is -0.170. The number of nitrogens with zero attached hydrogens (tertiary/aromatic N) is 3. The molecule has 0 aromatic carbocycles. The summed E-state index contributed by atoms with van der Waals surface area (Å²) in [6.07, 6.45) is 1.49. The highest BCUT2D eigenvalue weighted by atomic mass is 79.9. The van der Waals surface area contributed by atoms with Gasteiger partial charge in [0.25, 0.3) is 0 Å². The zero-order valence-corrected chi connectivity index (χ0v) is 19.1. The molecule has 2 amide bonds. The zero-order valence-electron chi connectivity index (χ0n) is 16.7. The number of hydrogen-bond donors (Lipinski definition) is 1. The van der Waals surface area contributed by atoms with Crippen molar-refractivity contribution in [1.82, 2.24) is 14.9 Å². The fourth-order valence-corrected chi connectivity index (χ4v) is 3.63. The number of ether oxygens (including phenoxy) is 1. The molecule has 7 nitrogen and oxygen atoms in total. The van der Waals surface area contributed by atoms with Gasteiger partial charge in [-0.25, -0.2) is 9.78 Å². The SMILES string of the molecule is CC.CC(C)(C)OC(=O)N1Cc2nc(NC(=O)Cc3ccc(Br)cn3)sc2C1. The lowest BCUT2D eigenvalue weighted by atomic mass is 10.2. The van der Waals surface area contributed by atoms with Crippen LogP contribution in [0.3, 0.4) is 0 Å². The first-order valence-corrected chi connectivity index (χ1v) is 10.7. The number of hydrogen-bond acceptors (Lipinski definition) is 6. The summed E-state index contributed by atoms with van der Waals surface area (Å²) in [4.78, 5) is 35.4. The lowest BCUT2D eigenvalue weighted by molar-refractivity contribution is -0.115. The molecule has 0 fully saturated rings. The van der Waals surface area contributed by atoms with Crippen molar-refractivity contribution in [2.45, 2.75) is 59.7 Å². The molecule has 0 spiro atoms. The Bertz CT molecular complexity index is 807. The first-order valence-electron chi connectivity index (χ1n) is 9.06. The van der Waals surface area contributed by atoms with Crippen molar-refractivity contribution in [2.24, 2.45) is 0 Å². The molecule has 2 aromatic heterocycles. The number of pyridine rings is 1. The van der Waals surface area contributed by atoms with E-state index in [2.05, 4.69) is 31.2 Å². The van der Waals surface area contributed by atoms with E-state index in [1.807, 2.05) is 40.7 Å². The monoisotopic (exact) mass is 468 g/mol. The maximum Gasteiger partial charge on any atom is 0.410 e. The minimum Gasteiger partial charge on any atom is -0.444 e. The number of aromatic nitrogens is 2. The quantitative estimate of drug-likeness (QED) is 0.701. The molecule has 0 bridgehead atoms. The van der Waals surface area contributed by atoms with Gasteiger partial charge in [0.15, 0.2) is 5.13 Å². The van der Waals surface area contributed by atoms with E-state index in [0.717, 1.165) is 15.0 Å². The van der Waals surface area contributed by atoms with Gasteiger partial charge in [-0.2, -0.15) is 0 Å². The predicted octanol–water partition coefficient (Wildman–Crippen LogP) is 4.76. The highest BCUT2D eigenvalue weighted by Crippen LogP contribution is 2.31. The van der Waals surface area contributed by atoms with Gasteiger partial charge in [0.2, 0.25) is 5.91 Å². The average Bonchev–Trinajstić information content (AvgIpc) is 3.16. The highest BCUT2D eigenvalue weighted by Gasteiger charge is 2.30. The fraction of sp³-hybridized carbons (Fsp3) is 0.474. The van der Waals surface area contributed by atoms with Crippen LogP contribution >= 0.6 is 27.3 Å². The summed E-state index contributed by atoms with van der Waals surface area (Å²) in [5, 5.41) is 3.34. The molecule has 9 heteroatoms. The van der Waals surface area contributed by atoms with E-state index in [0.29, 0.717) is 23.9 Å². The summed E-state index contributed by atoms with van der Waals surface area (Å²) >= 11 is 4.70. The molecule has 3 rings (SSSR count). The Hall–Kier alpha value is -2.00. The van der Waals surface area contributed by atoms with Crippen molar-refractivity contribution in [3.63, 3.8) is 0 Å². The van der Waals surface area contributed by atoms with Gasteiger partial charge in [-0.3, -0.25) is 14.7 Å². The van der Waals surface area contributed by atoms with Gasteiger partial charge >= 0.3 is 6.09 Å². The zero-order chi connectivity index (χ0) is 20.9. The van der Waals surface area contributed by atoms with E-state index in [4.69, 9.17) is 4.74 Å². The van der Waals surface area contributed by atoms with Gasteiger partial charge in [-0.05, 0) is 48.8 Å². The van der Waals surface area contributed by atoms with Crippen molar-refractivity contribution >= 4 is 44.4 Å². The second-order valence-electron chi connectivity index (χ2n) is 6.92. The van der Waals surface area contributed by atoms with Gasteiger partial charge in [0.05, 0.1) is 30.1 Å². The number of amides is 2. The number of carbonyl (C=O) groups is 2. The Morgan fingerprint density at radius 3 is 2.57 bits per heavy atom. The van der Waals surface area contributed by atoms with Crippen LogP contribution in [0.25, 0.3) is 0 Å². The van der Waals surface area contributed by atoms with Gasteiger partial charge in [0, 0.05) is 16.4 Å². The number of halogens is 1. The molecular formula is C19H25BrN4O3S. The van der Waals surface area contributed by atoms with Crippen LogP contribution in [0, 0.1) is 0 Å². The first-order chi connectivity index (χ1) is 13.2. The van der Waals surface area contributed by atoms with Crippen LogP contribution in [0.5, 0.6) is 0 Å². The summed E-state index contributed by atoms with van der Waals surface area (Å²) in [5.41, 5.74) is 0.963. The molecule has 0 unspecified atom stereocenters. The fourth-order valence-electron chi connectivity index (χ4n) is 2.39. The van der Waals surface area contributed by atoms with Gasteiger partial charge in [-0.15, -0.1) is 0 Å². The van der Waals surface area contributed by atoms with E-state index in [1.165, 1.54) is 11.3 Å². The Morgan fingerprint density at radius 2 is 2.00 bits per heavy atom. The standard InChI is InChI=1S/C17H19BrN4O3S.C2H6/c1-17(2,3)25-16(24)22-8-12-13(9-22)26-15(20-12)21-14(23)6-11-5-4-10(18)7-19-11;1-2/h4-5,7H,6,8-9H2,1-3H3,(H,20,21,23);1-2H3. The summed E-state index contributed by atoms with van der Waals surface area (Å²) in [7, 11) is 0. The van der Waals surface area contributed by atoms with Gasteiger partial charge in [0.1, 0.15) is 5.60 Å². The first kappa shape index (κ1) is 22.3. The van der Waals surface area contributed by atoms with Crippen LogP contribution in [-0.4, -0.2) is 32.5 Å². The predicted molar refractivity (Wildman–Crippen MR) is 113 cm³/mol. The Morgan fingerprint density at radius 1 is 1.29 bits per heavy atom. The Balaban J connectivity index is 0.00000136. The van der Waals surface area contributed by atoms with Crippen LogP contribution in [0.4, 0.5) is 9.93 Å². The number of rotatable bonds is 3. The smallest absolute Gasteiger partial charge is 0.410 e. The maximum absolute atomic E-state index is 12.1. The van der Waals surface area contributed by atoms with E-state index in [-0.39, 0.29) is 18.4 Å². The second-order valence-corrected chi connectivity index (χ2v) is 8.92. The topological polar surface area (TPSA) is 84.4 Å². The molecule has 0 saturated heterocycles. The molecule has 1 N–H and O–H groups in total. The largest absolute Gasteiger partial charge is 0.444 e. The third-order valence-corrected chi connectivity index (χ3v) is 4.95. The van der Waals surface area contributed by atoms with E-state index in [9.17, 15) is 9.59 Å². The third-order valence-electron chi connectivity index (χ3n) is 3.48. The second kappa shape index (κ2) is 9.47. The normalized spacial score (nSPS) is 12.7. The molecule has 0 radical (unpaired) electrons. The molecule has 3 heterocycles. The third kappa shape index (κ3) is 6.27. The summed E-state index contributed by atoms with van der Waals surface area (Å²) < 4.78 is 6.24. The number of nitrogens with one attached hydrogen (secondary N) is 1. The molecule has 28 heavy (non-hydrogen) atoms. The molecule has 0 atom stereocenters. The molecular weight excluding hydrogens is 444 g/mol. The van der Waals surface area contributed by atoms with E-state index >= 15 is 0 Å². The summed E-state index contributed by atoms with van der Waals surface area (Å²) in [6.45, 7) is 10.4. The number of anilines is 1. The number of thiazole rings is 1. The Kier molecular flexibility index (Phi) is 7.54. The summed E-state index contributed by atoms with van der Waals surface area (Å²) in [6, 6.07) is 3.64. The Labute approximate surface area is 177 Å². The lowest BCUT2D eigenvalue weighted by Gasteiger charge is -2.24. The molecule has 0 aliphatic carbocycles. The van der Waals surface area contributed by atoms with Crippen molar-refractivity contribution in [2.75, 3.05) is 5.32 Å². The van der Waals surface area contributed by atoms with Gasteiger partial charge in [-0.1, -0.05) is 25.2 Å². The van der Waals surface area contributed by atoms with Crippen LogP contribution in [0.2, 0.25) is 0 Å². The average molecular weight is 469 g/mol. The van der Waals surface area contributed by atoms with Crippen LogP contribution in [0.1, 0.15) is 50.9 Å². The van der Waals surface area contributed by atoms with Crippen molar-refractivity contribution < 1.29 is 14.3 Å². The molecule has 152 valence electrons. The molecule has 1 aliphatic rings. The van der Waals surface area contributed by atoms with E-state index in [1.54, 1.807) is 17.2 Å². The molecule has 0 saturated carbocycles. The lowest BCUT2D eigenvalue weighted by Crippen LogP contribution is -2.33. The van der Waals surface area contributed by atoms with E-state index < -0.39 is 5.60 Å². The van der Waals surface area contributed by atoms with Crippen LogP contribution < -0.4 is 5.32 Å². The number of carbonyl (C=O) groups excluding carboxylic acids is 2. The minimum atomic E-state index is -0.527. The highest BCUT2D eigenvalue weighted by molar-refractivity contribution is 9.10. The number of fused-ring (bicyclic) bond motifs is 1. The minimum absolute atomic E-state index is 0.170. The van der Waals surface area contributed by atoms with Crippen molar-refractivity contribution in [3.05, 3.63) is 39.1 Å². The van der Waals surface area contributed by atoms with Crippen LogP contribution in [0.15, 0.2) is 22.8 Å². The van der Waals surface area contributed by atoms with Gasteiger partial charge < -0.3 is 10.1 Å². The molecule has 2 aromatic rings. The van der Waals surface area contributed by atoms with Crippen molar-refractivity contribution in [1.29, 1.82) is 0 Å². The molecule has 1 aliphatic heterocycles.